The smallest absolute Gasteiger partial charge is 0.318 e. The first-order chi connectivity index (χ1) is 7.54. The van der Waals surface area contributed by atoms with Gasteiger partial charge in [-0.1, -0.05) is 6.92 Å². The van der Waals surface area contributed by atoms with Gasteiger partial charge in [-0.3, -0.25) is 15.0 Å². The largest absolute Gasteiger partial charge is 0.376 e. The highest BCUT2D eigenvalue weighted by Gasteiger charge is 2.27. The minimum Gasteiger partial charge on any atom is -0.376 e. The van der Waals surface area contributed by atoms with Gasteiger partial charge in [0.15, 0.2) is 0 Å². The molecule has 1 aliphatic heterocycles. The summed E-state index contributed by atoms with van der Waals surface area (Å²) in [5.41, 5.74) is 4.90. The number of ether oxygens (including phenoxy) is 1. The Kier molecular flexibility index (Phi) is 4.70. The van der Waals surface area contributed by atoms with E-state index in [0.29, 0.717) is 19.7 Å². The van der Waals surface area contributed by atoms with Crippen molar-refractivity contribution in [3.05, 3.63) is 0 Å². The van der Waals surface area contributed by atoms with Crippen molar-refractivity contribution in [3.63, 3.8) is 0 Å². The lowest BCUT2D eigenvalue weighted by molar-refractivity contribution is -0.128. The van der Waals surface area contributed by atoms with Gasteiger partial charge in [-0.25, -0.2) is 4.79 Å². The molecule has 3 amide bonds. The van der Waals surface area contributed by atoms with E-state index in [1.165, 1.54) is 0 Å². The highest BCUT2D eigenvalue weighted by molar-refractivity contribution is 5.96. The van der Waals surface area contributed by atoms with Crippen LogP contribution in [0.3, 0.4) is 0 Å². The first-order valence-electron chi connectivity index (χ1n) is 5.50. The Labute approximate surface area is 95.1 Å². The lowest BCUT2D eigenvalue weighted by Crippen LogP contribution is -2.53. The SMILES string of the molecule is CC[C@H]1CN([C@H](C)C(=O)NC(N)=O)CCO1. The van der Waals surface area contributed by atoms with E-state index in [9.17, 15) is 9.59 Å². The number of nitrogens with two attached hydrogens (primary N) is 1. The van der Waals surface area contributed by atoms with E-state index in [-0.39, 0.29) is 18.1 Å². The molecule has 16 heavy (non-hydrogen) atoms. The second-order valence-electron chi connectivity index (χ2n) is 3.93. The molecule has 1 rings (SSSR count). The predicted octanol–water partition coefficient (Wildman–Crippen LogP) is -0.319. The van der Waals surface area contributed by atoms with Crippen LogP contribution in [0, 0.1) is 0 Å². The molecule has 0 saturated carbocycles. The highest BCUT2D eigenvalue weighted by atomic mass is 16.5. The average molecular weight is 229 g/mol. The molecular weight excluding hydrogens is 210 g/mol. The molecule has 0 bridgehead atoms. The van der Waals surface area contributed by atoms with E-state index >= 15 is 0 Å². The van der Waals surface area contributed by atoms with Crippen LogP contribution < -0.4 is 11.1 Å². The molecule has 3 N–H and O–H groups in total. The number of carbonyl (C=O) groups excluding carboxylic acids is 2. The minimum absolute atomic E-state index is 0.164. The summed E-state index contributed by atoms with van der Waals surface area (Å²) >= 11 is 0. The monoisotopic (exact) mass is 229 g/mol. The van der Waals surface area contributed by atoms with E-state index < -0.39 is 6.03 Å². The molecule has 0 aromatic carbocycles. The van der Waals surface area contributed by atoms with E-state index in [4.69, 9.17) is 10.5 Å². The van der Waals surface area contributed by atoms with Gasteiger partial charge in [0.25, 0.3) is 0 Å². The topological polar surface area (TPSA) is 84.7 Å². The third-order valence-electron chi connectivity index (χ3n) is 2.80. The number of urea groups is 1. The number of imide groups is 1. The summed E-state index contributed by atoms with van der Waals surface area (Å²) in [6, 6.07) is -1.16. The summed E-state index contributed by atoms with van der Waals surface area (Å²) < 4.78 is 5.50. The van der Waals surface area contributed by atoms with Crippen LogP contribution in [0.2, 0.25) is 0 Å². The van der Waals surface area contributed by atoms with Crippen molar-refractivity contribution in [1.29, 1.82) is 0 Å². The Morgan fingerprint density at radius 1 is 1.62 bits per heavy atom. The first-order valence-corrected chi connectivity index (χ1v) is 5.50. The number of morpholine rings is 1. The number of nitrogens with one attached hydrogen (secondary N) is 1. The van der Waals surface area contributed by atoms with E-state index in [1.807, 2.05) is 11.8 Å². The quantitative estimate of drug-likeness (QED) is 0.694. The van der Waals surface area contributed by atoms with Crippen molar-refractivity contribution in [2.45, 2.75) is 32.4 Å². The summed E-state index contributed by atoms with van der Waals surface area (Å²) in [5, 5.41) is 2.09. The number of carbonyl (C=O) groups is 2. The molecule has 6 heteroatoms. The maximum atomic E-state index is 11.6. The molecule has 0 aromatic rings. The first kappa shape index (κ1) is 12.9. The fourth-order valence-corrected chi connectivity index (χ4v) is 1.73. The number of hydrogen-bond acceptors (Lipinski definition) is 4. The molecule has 0 aromatic heterocycles. The van der Waals surface area contributed by atoms with Gasteiger partial charge in [-0.15, -0.1) is 0 Å². The second kappa shape index (κ2) is 5.81. The molecule has 1 fully saturated rings. The summed E-state index contributed by atoms with van der Waals surface area (Å²) in [5.74, 6) is -0.357. The minimum atomic E-state index is -0.808. The van der Waals surface area contributed by atoms with Gasteiger partial charge in [-0.2, -0.15) is 0 Å². The molecule has 0 aliphatic carbocycles. The Bertz CT molecular complexity index is 270. The number of hydrogen-bond donors (Lipinski definition) is 2. The molecule has 2 atom stereocenters. The van der Waals surface area contributed by atoms with Crippen molar-refractivity contribution in [2.24, 2.45) is 5.73 Å². The summed E-state index contributed by atoms with van der Waals surface area (Å²) in [6.07, 6.45) is 1.08. The molecule has 92 valence electrons. The molecule has 1 aliphatic rings. The Morgan fingerprint density at radius 2 is 2.31 bits per heavy atom. The number of amides is 3. The van der Waals surface area contributed by atoms with Gasteiger partial charge in [-0.05, 0) is 13.3 Å². The van der Waals surface area contributed by atoms with Crippen LogP contribution in [0.4, 0.5) is 4.79 Å². The zero-order valence-electron chi connectivity index (χ0n) is 9.73. The Morgan fingerprint density at radius 3 is 2.88 bits per heavy atom. The molecule has 1 heterocycles. The molecule has 0 unspecified atom stereocenters. The van der Waals surface area contributed by atoms with Crippen molar-refractivity contribution >= 4 is 11.9 Å². The van der Waals surface area contributed by atoms with Crippen molar-refractivity contribution < 1.29 is 14.3 Å². The number of primary amides is 1. The zero-order chi connectivity index (χ0) is 12.1. The van der Waals surface area contributed by atoms with Crippen molar-refractivity contribution in [1.82, 2.24) is 10.2 Å². The molecule has 0 radical (unpaired) electrons. The van der Waals surface area contributed by atoms with E-state index in [2.05, 4.69) is 5.32 Å². The molecule has 1 saturated heterocycles. The van der Waals surface area contributed by atoms with Crippen LogP contribution in [0.15, 0.2) is 0 Å². The third kappa shape index (κ3) is 3.46. The predicted molar refractivity (Wildman–Crippen MR) is 58.8 cm³/mol. The summed E-state index contributed by atoms with van der Waals surface area (Å²) in [6.45, 7) is 5.83. The van der Waals surface area contributed by atoms with Gasteiger partial charge in [0.1, 0.15) is 0 Å². The highest BCUT2D eigenvalue weighted by Crippen LogP contribution is 2.11. The van der Waals surface area contributed by atoms with Crippen LogP contribution in [-0.4, -0.2) is 48.7 Å². The van der Waals surface area contributed by atoms with Crippen molar-refractivity contribution in [3.8, 4) is 0 Å². The lowest BCUT2D eigenvalue weighted by atomic mass is 10.1. The van der Waals surface area contributed by atoms with Gasteiger partial charge in [0, 0.05) is 13.1 Å². The lowest BCUT2D eigenvalue weighted by Gasteiger charge is -2.35. The number of rotatable bonds is 3. The number of nitrogens with zero attached hydrogens (tertiary/aromatic N) is 1. The maximum absolute atomic E-state index is 11.6. The molecule has 6 nitrogen and oxygen atoms in total. The fraction of sp³-hybridized carbons (Fsp3) is 0.800. The second-order valence-corrected chi connectivity index (χ2v) is 3.93. The van der Waals surface area contributed by atoms with Crippen LogP contribution in [0.1, 0.15) is 20.3 Å². The molecule has 0 spiro atoms. The fourth-order valence-electron chi connectivity index (χ4n) is 1.73. The average Bonchev–Trinajstić information content (AvgIpc) is 2.27. The third-order valence-corrected chi connectivity index (χ3v) is 2.80. The van der Waals surface area contributed by atoms with E-state index in [1.54, 1.807) is 6.92 Å². The normalized spacial score (nSPS) is 23.8. The zero-order valence-corrected chi connectivity index (χ0v) is 9.73. The van der Waals surface area contributed by atoms with Crippen LogP contribution in [0.25, 0.3) is 0 Å². The Balaban J connectivity index is 2.49. The van der Waals surface area contributed by atoms with Gasteiger partial charge < -0.3 is 10.5 Å². The van der Waals surface area contributed by atoms with Gasteiger partial charge >= 0.3 is 6.03 Å². The van der Waals surface area contributed by atoms with Crippen molar-refractivity contribution in [2.75, 3.05) is 19.7 Å². The van der Waals surface area contributed by atoms with Gasteiger partial charge in [0.05, 0.1) is 18.8 Å². The van der Waals surface area contributed by atoms with Crippen LogP contribution >= 0.6 is 0 Å². The summed E-state index contributed by atoms with van der Waals surface area (Å²) in [4.78, 5) is 24.1. The maximum Gasteiger partial charge on any atom is 0.318 e. The van der Waals surface area contributed by atoms with Gasteiger partial charge in [0.2, 0.25) is 5.91 Å². The van der Waals surface area contributed by atoms with E-state index in [0.717, 1.165) is 6.42 Å². The summed E-state index contributed by atoms with van der Waals surface area (Å²) in [7, 11) is 0. The van der Waals surface area contributed by atoms with Crippen LogP contribution in [-0.2, 0) is 9.53 Å². The molecular formula is C10H19N3O3. The van der Waals surface area contributed by atoms with Crippen LogP contribution in [0.5, 0.6) is 0 Å². The Hall–Kier alpha value is -1.14. The standard InChI is InChI=1S/C10H19N3O3/c1-3-8-6-13(4-5-16-8)7(2)9(14)12-10(11)15/h7-8H,3-6H2,1-2H3,(H3,11,12,14,15)/t7-,8+/m1/s1.